The molecule has 0 radical (unpaired) electrons. The summed E-state index contributed by atoms with van der Waals surface area (Å²) in [5.74, 6) is 1.80. The number of hydrazone groups is 1. The van der Waals surface area contributed by atoms with Crippen LogP contribution >= 0.6 is 11.6 Å². The van der Waals surface area contributed by atoms with Crippen molar-refractivity contribution in [2.24, 2.45) is 16.9 Å². The van der Waals surface area contributed by atoms with E-state index < -0.39 is 0 Å². The minimum atomic E-state index is -0.212. The lowest BCUT2D eigenvalue weighted by Gasteiger charge is -2.51. The molecule has 1 aliphatic carbocycles. The summed E-state index contributed by atoms with van der Waals surface area (Å²) in [5, 5.41) is 5.38. The first-order valence-electron chi connectivity index (χ1n) is 13.1. The van der Waals surface area contributed by atoms with Gasteiger partial charge in [0.05, 0.1) is 5.92 Å². The molecule has 2 amide bonds. The van der Waals surface area contributed by atoms with Crippen molar-refractivity contribution in [3.63, 3.8) is 0 Å². The summed E-state index contributed by atoms with van der Waals surface area (Å²) < 4.78 is 0. The van der Waals surface area contributed by atoms with Gasteiger partial charge in [-0.3, -0.25) is 15.0 Å². The molecule has 190 valence electrons. The molecule has 3 unspecified atom stereocenters. The van der Waals surface area contributed by atoms with E-state index >= 15 is 0 Å². The van der Waals surface area contributed by atoms with E-state index in [0.29, 0.717) is 31.8 Å². The summed E-state index contributed by atoms with van der Waals surface area (Å²) in [6.07, 6.45) is 5.05. The average Bonchev–Trinajstić information content (AvgIpc) is 3.29. The predicted octanol–water partition coefficient (Wildman–Crippen LogP) is 3.33. The Morgan fingerprint density at radius 2 is 1.94 bits per heavy atom. The molecule has 9 heteroatoms. The molecule has 1 saturated carbocycles. The van der Waals surface area contributed by atoms with E-state index in [1.165, 1.54) is 0 Å². The van der Waals surface area contributed by atoms with E-state index in [1.807, 2.05) is 28.0 Å². The van der Waals surface area contributed by atoms with Crippen LogP contribution in [0, 0.1) is 11.8 Å². The Morgan fingerprint density at radius 1 is 1.17 bits per heavy atom. The maximum absolute atomic E-state index is 13.3. The minimum absolute atomic E-state index is 0.0409. The highest BCUT2D eigenvalue weighted by atomic mass is 35.5. The van der Waals surface area contributed by atoms with Gasteiger partial charge in [-0.2, -0.15) is 5.10 Å². The molecule has 2 saturated heterocycles. The van der Waals surface area contributed by atoms with E-state index in [0.717, 1.165) is 61.9 Å². The average molecular weight is 501 g/mol. The lowest BCUT2D eigenvalue weighted by Crippen LogP contribution is -2.67. The first kappa shape index (κ1) is 24.2. The van der Waals surface area contributed by atoms with Crippen LogP contribution in [0.5, 0.6) is 0 Å². The molecule has 1 aromatic rings. The number of carbonyl (C=O) groups excluding carboxylic acids is 2. The Balaban J connectivity index is 1.19. The molecule has 0 bridgehead atoms. The highest BCUT2D eigenvalue weighted by molar-refractivity contribution is 6.30. The number of benzene rings is 1. The van der Waals surface area contributed by atoms with Crippen molar-refractivity contribution < 1.29 is 9.59 Å². The van der Waals surface area contributed by atoms with Crippen molar-refractivity contribution in [1.82, 2.24) is 20.1 Å². The fourth-order valence-corrected chi connectivity index (χ4v) is 6.27. The van der Waals surface area contributed by atoms with E-state index in [4.69, 9.17) is 11.6 Å². The van der Waals surface area contributed by atoms with Crippen LogP contribution in [0.4, 0.5) is 5.69 Å². The lowest BCUT2D eigenvalue weighted by molar-refractivity contribution is -0.156. The highest BCUT2D eigenvalue weighted by Gasteiger charge is 2.50. The number of halogens is 1. The number of hydrogen-bond acceptors (Lipinski definition) is 6. The van der Waals surface area contributed by atoms with Crippen molar-refractivity contribution in [3.8, 4) is 0 Å². The number of rotatable bonds is 6. The Morgan fingerprint density at radius 3 is 2.69 bits per heavy atom. The van der Waals surface area contributed by atoms with Crippen molar-refractivity contribution in [2.75, 3.05) is 37.6 Å². The van der Waals surface area contributed by atoms with Crippen LogP contribution in [-0.2, 0) is 9.59 Å². The fourth-order valence-electron chi connectivity index (χ4n) is 6.08. The molecule has 1 aromatic carbocycles. The molecule has 8 nitrogen and oxygen atoms in total. The number of amidine groups is 1. The first-order valence-corrected chi connectivity index (χ1v) is 13.5. The van der Waals surface area contributed by atoms with Gasteiger partial charge in [-0.15, -0.1) is 0 Å². The van der Waals surface area contributed by atoms with Gasteiger partial charge in [0, 0.05) is 62.3 Å². The van der Waals surface area contributed by atoms with Gasteiger partial charge >= 0.3 is 0 Å². The molecule has 35 heavy (non-hydrogen) atoms. The normalized spacial score (nSPS) is 26.5. The Labute approximate surface area is 213 Å². The van der Waals surface area contributed by atoms with E-state index in [9.17, 15) is 9.59 Å². The standard InChI is InChI=1S/C26H37ClN6O2/c1-18(2)17-32-25(35)21-8-3-4-9-22(21)33-23(28-29-26(32)33)10-11-24(34)31-14-12-30(13-15-31)20-7-5-6-19(27)16-20/h5-7,16,18,21-22,26,29H,3-4,8-15,17H2,1-2H3. The van der Waals surface area contributed by atoms with Crippen LogP contribution in [-0.4, -0.2) is 77.4 Å². The molecule has 3 heterocycles. The molecule has 3 fully saturated rings. The van der Waals surface area contributed by atoms with Gasteiger partial charge in [-0.25, -0.2) is 0 Å². The first-order chi connectivity index (χ1) is 16.9. The molecule has 0 spiro atoms. The van der Waals surface area contributed by atoms with Crippen LogP contribution in [0.2, 0.25) is 5.02 Å². The van der Waals surface area contributed by atoms with Gasteiger partial charge in [0.1, 0.15) is 5.84 Å². The van der Waals surface area contributed by atoms with Crippen LogP contribution in [0.3, 0.4) is 0 Å². The van der Waals surface area contributed by atoms with Crippen molar-refractivity contribution >= 4 is 34.9 Å². The zero-order valence-electron chi connectivity index (χ0n) is 20.8. The maximum atomic E-state index is 13.3. The number of nitrogens with zero attached hydrogens (tertiary/aromatic N) is 5. The number of anilines is 1. The van der Waals surface area contributed by atoms with Crippen molar-refractivity contribution in [1.29, 1.82) is 0 Å². The monoisotopic (exact) mass is 500 g/mol. The summed E-state index contributed by atoms with van der Waals surface area (Å²) in [6.45, 7) is 8.04. The molecule has 1 N–H and O–H groups in total. The number of nitrogens with one attached hydrogen (secondary N) is 1. The molecule has 0 aromatic heterocycles. The van der Waals surface area contributed by atoms with Gasteiger partial charge in [0.25, 0.3) is 0 Å². The topological polar surface area (TPSA) is 71.5 Å². The SMILES string of the molecule is CC(C)CN1C(=O)C2CCCCC2N2C(CCC(=O)N3CCN(c4cccc(Cl)c4)CC3)=NNC12. The fraction of sp³-hybridized carbons (Fsp3) is 0.654. The van der Waals surface area contributed by atoms with Gasteiger partial charge < -0.3 is 19.6 Å². The Bertz CT molecular complexity index is 976. The molecule has 3 aliphatic heterocycles. The van der Waals surface area contributed by atoms with Gasteiger partial charge in [0.2, 0.25) is 11.8 Å². The Kier molecular flexibility index (Phi) is 7.09. The van der Waals surface area contributed by atoms with Crippen molar-refractivity contribution in [2.45, 2.75) is 64.7 Å². The Hall–Kier alpha value is -2.48. The molecule has 4 aliphatic rings. The number of amides is 2. The number of carbonyl (C=O) groups is 2. The third kappa shape index (κ3) is 4.95. The zero-order chi connectivity index (χ0) is 24.5. The van der Waals surface area contributed by atoms with Crippen molar-refractivity contribution in [3.05, 3.63) is 29.3 Å². The van der Waals surface area contributed by atoms with Gasteiger partial charge in [-0.1, -0.05) is 44.4 Å². The van der Waals surface area contributed by atoms with Gasteiger partial charge in [-0.05, 0) is 37.0 Å². The summed E-state index contributed by atoms with van der Waals surface area (Å²) in [5.41, 5.74) is 4.34. The number of piperazine rings is 1. The minimum Gasteiger partial charge on any atom is -0.368 e. The smallest absolute Gasteiger partial charge is 0.230 e. The van der Waals surface area contributed by atoms with Crippen LogP contribution < -0.4 is 10.3 Å². The number of fused-ring (bicyclic) bond motifs is 3. The third-order valence-corrected chi connectivity index (χ3v) is 8.02. The third-order valence-electron chi connectivity index (χ3n) is 7.78. The molecule has 5 rings (SSSR count). The van der Waals surface area contributed by atoms with E-state index in [-0.39, 0.29) is 30.1 Å². The quantitative estimate of drug-likeness (QED) is 0.648. The summed E-state index contributed by atoms with van der Waals surface area (Å²) >= 11 is 6.15. The summed E-state index contributed by atoms with van der Waals surface area (Å²) in [6, 6.07) is 8.08. The number of hydrogen-bond donors (Lipinski definition) is 1. The predicted molar refractivity (Wildman–Crippen MR) is 138 cm³/mol. The van der Waals surface area contributed by atoms with E-state index in [1.54, 1.807) is 0 Å². The van der Waals surface area contributed by atoms with Crippen LogP contribution in [0.25, 0.3) is 0 Å². The lowest BCUT2D eigenvalue weighted by atomic mass is 9.80. The summed E-state index contributed by atoms with van der Waals surface area (Å²) in [4.78, 5) is 34.9. The van der Waals surface area contributed by atoms with E-state index in [2.05, 4.69) is 40.2 Å². The van der Waals surface area contributed by atoms with Crippen LogP contribution in [0.15, 0.2) is 29.4 Å². The summed E-state index contributed by atoms with van der Waals surface area (Å²) in [7, 11) is 0. The van der Waals surface area contributed by atoms with Crippen LogP contribution in [0.1, 0.15) is 52.4 Å². The van der Waals surface area contributed by atoms with Gasteiger partial charge in [0.15, 0.2) is 6.29 Å². The second-order valence-electron chi connectivity index (χ2n) is 10.6. The zero-order valence-corrected chi connectivity index (χ0v) is 21.6. The molecular formula is C26H37ClN6O2. The second kappa shape index (κ2) is 10.2. The maximum Gasteiger partial charge on any atom is 0.230 e. The highest BCUT2D eigenvalue weighted by Crippen LogP contribution is 2.38. The largest absolute Gasteiger partial charge is 0.368 e. The molecule has 3 atom stereocenters. The molecular weight excluding hydrogens is 464 g/mol. The second-order valence-corrected chi connectivity index (χ2v) is 11.1.